The first-order valence-electron chi connectivity index (χ1n) is 19.7. The zero-order valence-electron chi connectivity index (χ0n) is 32.4. The highest BCUT2D eigenvalue weighted by molar-refractivity contribution is 5.82. The lowest BCUT2D eigenvalue weighted by molar-refractivity contribution is -0.362. The number of esters is 1. The van der Waals surface area contributed by atoms with Crippen LogP contribution in [-0.2, 0) is 23.7 Å². The zero-order valence-corrected chi connectivity index (χ0v) is 32.4. The van der Waals surface area contributed by atoms with E-state index in [1.54, 1.807) is 0 Å². The van der Waals surface area contributed by atoms with E-state index in [0.717, 1.165) is 18.6 Å². The molecule has 1 unspecified atom stereocenters. The first-order chi connectivity index (χ1) is 24.2. The maximum atomic E-state index is 13.4. The summed E-state index contributed by atoms with van der Waals surface area (Å²) >= 11 is 0. The van der Waals surface area contributed by atoms with Crippen molar-refractivity contribution in [1.29, 1.82) is 0 Å². The molecule has 2 bridgehead atoms. The van der Waals surface area contributed by atoms with Gasteiger partial charge in [-0.1, -0.05) is 46.8 Å². The molecule has 52 heavy (non-hydrogen) atoms. The van der Waals surface area contributed by atoms with Crippen molar-refractivity contribution in [3.63, 3.8) is 0 Å². The van der Waals surface area contributed by atoms with E-state index in [9.17, 15) is 40.5 Å². The summed E-state index contributed by atoms with van der Waals surface area (Å²) in [5, 5.41) is 77.8. The van der Waals surface area contributed by atoms with Crippen LogP contribution in [0.4, 0.5) is 0 Å². The van der Waals surface area contributed by atoms with Crippen LogP contribution in [0.3, 0.4) is 0 Å². The Balaban J connectivity index is 1.69. The molecule has 4 aliphatic heterocycles. The van der Waals surface area contributed by atoms with E-state index in [1.165, 1.54) is 20.8 Å². The van der Waals surface area contributed by atoms with E-state index in [4.69, 9.17) is 18.9 Å². The SMILES string of the molecule is CC[C@@H](O)C[C@@H]1O[C@@]2(CC[C@@H]1C)C[C@@H]1OC(=O)/C=C/[C@@](C)(O)[C@@H](O)[C@@H](C)[C@@H](O)CC(O)[C@](C)(O)CCC/C=C/[C@@H]3C[C@H](C)CO[C@@]3(O)C[C@H](O2)[C@H]1C. The van der Waals surface area contributed by atoms with Gasteiger partial charge in [0, 0.05) is 49.5 Å². The van der Waals surface area contributed by atoms with E-state index < -0.39 is 77.2 Å². The molecular formula is C40H68O12. The number of hydrogen-bond acceptors (Lipinski definition) is 12. The zero-order chi connectivity index (χ0) is 38.6. The smallest absolute Gasteiger partial charge is 0.330 e. The van der Waals surface area contributed by atoms with E-state index in [2.05, 4.69) is 13.8 Å². The van der Waals surface area contributed by atoms with E-state index in [1.807, 2.05) is 26.0 Å². The predicted molar refractivity (Wildman–Crippen MR) is 193 cm³/mol. The van der Waals surface area contributed by atoms with Crippen molar-refractivity contribution >= 4 is 5.97 Å². The summed E-state index contributed by atoms with van der Waals surface area (Å²) in [4.78, 5) is 13.4. The summed E-state index contributed by atoms with van der Waals surface area (Å²) in [5.74, 6) is -4.82. The Morgan fingerprint density at radius 1 is 0.942 bits per heavy atom. The van der Waals surface area contributed by atoms with Gasteiger partial charge in [-0.05, 0) is 76.7 Å². The van der Waals surface area contributed by atoms with Gasteiger partial charge < -0.3 is 54.7 Å². The topological polar surface area (TPSA) is 196 Å². The maximum absolute atomic E-state index is 13.4. The van der Waals surface area contributed by atoms with Crippen LogP contribution in [0.15, 0.2) is 24.3 Å². The van der Waals surface area contributed by atoms with Crippen molar-refractivity contribution < 1.29 is 59.5 Å². The fourth-order valence-corrected chi connectivity index (χ4v) is 8.35. The van der Waals surface area contributed by atoms with Crippen LogP contribution in [0.5, 0.6) is 0 Å². The molecule has 0 radical (unpaired) electrons. The van der Waals surface area contributed by atoms with Crippen LogP contribution in [0.25, 0.3) is 0 Å². The molecule has 3 fully saturated rings. The summed E-state index contributed by atoms with van der Waals surface area (Å²) in [6.45, 7) is 12.7. The number of ether oxygens (including phenoxy) is 4. The standard InChI is InChI=1S/C40H68O12/c1-8-29(41)19-31-25(3)13-17-39(51-31)21-32-27(5)33(52-39)22-40(48)28(18-24(2)23-49-40)12-10-9-11-15-37(6,46)34(43)20-30(42)26(4)36(45)38(7,47)16-14-35(44)50-32/h10,12,14,16,24-34,36,41-43,45-48H,8-9,11,13,15,17-23H2,1-7H3/b12-10+,16-14+/t24-,25-,26-,27-,28+,29+,30-,31-,32-,33-,34?,36-,37+,38+,39+,40-/m0/s1. The van der Waals surface area contributed by atoms with Crippen molar-refractivity contribution in [3.8, 4) is 0 Å². The molecular weight excluding hydrogens is 672 g/mol. The van der Waals surface area contributed by atoms with Gasteiger partial charge in [-0.2, -0.15) is 0 Å². The number of rotatable bonds is 3. The van der Waals surface area contributed by atoms with Crippen molar-refractivity contribution in [1.82, 2.24) is 0 Å². The van der Waals surface area contributed by atoms with Gasteiger partial charge >= 0.3 is 5.97 Å². The van der Waals surface area contributed by atoms with Gasteiger partial charge in [-0.15, -0.1) is 0 Å². The number of allylic oxidation sites excluding steroid dienone is 1. The molecule has 4 aliphatic rings. The molecule has 7 N–H and O–H groups in total. The quantitative estimate of drug-likeness (QED) is 0.164. The van der Waals surface area contributed by atoms with Crippen LogP contribution >= 0.6 is 0 Å². The summed E-state index contributed by atoms with van der Waals surface area (Å²) in [6.07, 6.45) is 4.21. The van der Waals surface area contributed by atoms with Crippen LogP contribution in [-0.4, -0.2) is 114 Å². The fourth-order valence-electron chi connectivity index (χ4n) is 8.35. The number of fused-ring (bicyclic) bond motifs is 3. The van der Waals surface area contributed by atoms with Gasteiger partial charge in [0.25, 0.3) is 0 Å². The Kier molecular flexibility index (Phi) is 14.6. The molecule has 0 aromatic rings. The third-order valence-electron chi connectivity index (χ3n) is 12.5. The lowest BCUT2D eigenvalue weighted by Crippen LogP contribution is -2.59. The summed E-state index contributed by atoms with van der Waals surface area (Å²) in [5.41, 5.74) is -3.48. The van der Waals surface area contributed by atoms with Crippen LogP contribution in [0.1, 0.15) is 119 Å². The number of carbonyl (C=O) groups is 1. The van der Waals surface area contributed by atoms with Crippen molar-refractivity contribution in [2.45, 2.75) is 185 Å². The maximum Gasteiger partial charge on any atom is 0.330 e. The fraction of sp³-hybridized carbons (Fsp3) is 0.875. The Labute approximate surface area is 310 Å². The van der Waals surface area contributed by atoms with Gasteiger partial charge in [0.2, 0.25) is 0 Å². The highest BCUT2D eigenvalue weighted by Crippen LogP contribution is 2.48. The first kappa shape index (κ1) is 43.3. The van der Waals surface area contributed by atoms with Gasteiger partial charge in [0.1, 0.15) is 11.7 Å². The monoisotopic (exact) mass is 740 g/mol. The molecule has 12 nitrogen and oxygen atoms in total. The largest absolute Gasteiger partial charge is 0.459 e. The van der Waals surface area contributed by atoms with Gasteiger partial charge in [0.15, 0.2) is 11.6 Å². The van der Waals surface area contributed by atoms with Gasteiger partial charge in [0.05, 0.1) is 48.8 Å². The molecule has 0 amide bonds. The third-order valence-corrected chi connectivity index (χ3v) is 12.5. The lowest BCUT2D eigenvalue weighted by atomic mass is 9.77. The second-order valence-corrected chi connectivity index (χ2v) is 17.2. The molecule has 16 atom stereocenters. The average Bonchev–Trinajstić information content (AvgIpc) is 3.08. The minimum absolute atomic E-state index is 0.0880. The number of hydrogen-bond donors (Lipinski definition) is 7. The van der Waals surface area contributed by atoms with E-state index >= 15 is 0 Å². The molecule has 4 rings (SSSR count). The molecule has 0 aromatic heterocycles. The highest BCUT2D eigenvalue weighted by atomic mass is 16.7. The van der Waals surface area contributed by atoms with Crippen LogP contribution in [0.2, 0.25) is 0 Å². The Bertz CT molecular complexity index is 1220. The number of aliphatic hydroxyl groups is 7. The molecule has 0 saturated carbocycles. The summed E-state index contributed by atoms with van der Waals surface area (Å²) in [6, 6.07) is 0. The van der Waals surface area contributed by atoms with Crippen LogP contribution < -0.4 is 0 Å². The minimum Gasteiger partial charge on any atom is -0.459 e. The lowest BCUT2D eigenvalue weighted by Gasteiger charge is -2.53. The van der Waals surface area contributed by atoms with Gasteiger partial charge in [-0.3, -0.25) is 0 Å². The molecule has 12 heteroatoms. The average molecular weight is 741 g/mol. The number of carbonyl (C=O) groups excluding carboxylic acids is 1. The molecule has 4 heterocycles. The van der Waals surface area contributed by atoms with Crippen molar-refractivity contribution in [2.75, 3.05) is 6.61 Å². The molecule has 0 aliphatic carbocycles. The predicted octanol–water partition coefficient (Wildman–Crippen LogP) is 3.65. The Hall–Kier alpha value is -1.45. The van der Waals surface area contributed by atoms with E-state index in [-0.39, 0.29) is 49.5 Å². The Morgan fingerprint density at radius 3 is 2.35 bits per heavy atom. The molecule has 0 aromatic carbocycles. The van der Waals surface area contributed by atoms with E-state index in [0.29, 0.717) is 45.1 Å². The second kappa shape index (κ2) is 17.6. The molecule has 1 spiro atoms. The highest BCUT2D eigenvalue weighted by Gasteiger charge is 2.54. The third kappa shape index (κ3) is 10.6. The summed E-state index contributed by atoms with van der Waals surface area (Å²) < 4.78 is 25.8. The van der Waals surface area contributed by atoms with Crippen molar-refractivity contribution in [3.05, 3.63) is 24.3 Å². The second-order valence-electron chi connectivity index (χ2n) is 17.2. The van der Waals surface area contributed by atoms with Crippen molar-refractivity contribution in [2.24, 2.45) is 29.6 Å². The summed E-state index contributed by atoms with van der Waals surface area (Å²) in [7, 11) is 0. The number of aliphatic hydroxyl groups excluding tert-OH is 4. The molecule has 300 valence electrons. The first-order valence-corrected chi connectivity index (χ1v) is 19.7. The minimum atomic E-state index is -1.95. The normalized spacial score (nSPS) is 49.4. The van der Waals surface area contributed by atoms with Crippen LogP contribution in [0, 0.1) is 29.6 Å². The van der Waals surface area contributed by atoms with Gasteiger partial charge in [-0.25, -0.2) is 4.79 Å². The Morgan fingerprint density at radius 2 is 1.65 bits per heavy atom. The molecule has 3 saturated heterocycles.